The van der Waals surface area contributed by atoms with Gasteiger partial charge >= 0.3 is 12.3 Å². The number of amides is 1. The number of ether oxygens (including phenoxy) is 2. The van der Waals surface area contributed by atoms with Crippen molar-refractivity contribution in [2.24, 2.45) is 5.92 Å². The minimum Gasteiger partial charge on any atom is -0.504 e. The van der Waals surface area contributed by atoms with Gasteiger partial charge in [0.15, 0.2) is 11.5 Å². The van der Waals surface area contributed by atoms with Crippen LogP contribution in [0.4, 0.5) is 13.2 Å². The van der Waals surface area contributed by atoms with E-state index in [0.717, 1.165) is 12.1 Å². The van der Waals surface area contributed by atoms with Gasteiger partial charge in [0.1, 0.15) is 0 Å². The SMILES string of the molecule is CCOC(=O)[C@@H](C)[C@@H](C)NC(=O)c1cccc(O)c1OC(F)(F)F. The van der Waals surface area contributed by atoms with Crippen molar-refractivity contribution in [1.29, 1.82) is 0 Å². The van der Waals surface area contributed by atoms with Gasteiger partial charge < -0.3 is 19.9 Å². The highest BCUT2D eigenvalue weighted by Crippen LogP contribution is 2.34. The predicted octanol–water partition coefficient (Wildman–Crippen LogP) is 2.61. The van der Waals surface area contributed by atoms with Crippen LogP contribution in [0.15, 0.2) is 18.2 Å². The number of hydrogen-bond donors (Lipinski definition) is 2. The Morgan fingerprint density at radius 1 is 1.29 bits per heavy atom. The summed E-state index contributed by atoms with van der Waals surface area (Å²) in [6.45, 7) is 4.81. The van der Waals surface area contributed by atoms with Gasteiger partial charge in [-0.15, -0.1) is 13.2 Å². The maximum absolute atomic E-state index is 12.4. The molecule has 1 rings (SSSR count). The van der Waals surface area contributed by atoms with E-state index in [1.807, 2.05) is 0 Å². The number of para-hydroxylation sites is 1. The highest BCUT2D eigenvalue weighted by Gasteiger charge is 2.35. The normalized spacial score (nSPS) is 13.8. The highest BCUT2D eigenvalue weighted by atomic mass is 19.4. The number of esters is 1. The van der Waals surface area contributed by atoms with Gasteiger partial charge in [-0.05, 0) is 32.9 Å². The van der Waals surface area contributed by atoms with E-state index < -0.39 is 47.3 Å². The number of carbonyl (C=O) groups excluding carboxylic acids is 2. The quantitative estimate of drug-likeness (QED) is 0.771. The van der Waals surface area contributed by atoms with E-state index in [9.17, 15) is 27.9 Å². The Bertz CT molecular complexity index is 603. The zero-order valence-corrected chi connectivity index (χ0v) is 13.3. The van der Waals surface area contributed by atoms with E-state index >= 15 is 0 Å². The first-order valence-electron chi connectivity index (χ1n) is 7.12. The average molecular weight is 349 g/mol. The average Bonchev–Trinajstić information content (AvgIpc) is 2.47. The van der Waals surface area contributed by atoms with E-state index in [2.05, 4.69) is 10.1 Å². The first-order valence-corrected chi connectivity index (χ1v) is 7.12. The van der Waals surface area contributed by atoms with Crippen molar-refractivity contribution in [1.82, 2.24) is 5.32 Å². The van der Waals surface area contributed by atoms with E-state index in [0.29, 0.717) is 0 Å². The number of hydrogen-bond acceptors (Lipinski definition) is 5. The molecule has 0 heterocycles. The molecule has 134 valence electrons. The summed E-state index contributed by atoms with van der Waals surface area (Å²) >= 11 is 0. The van der Waals surface area contributed by atoms with Gasteiger partial charge in [-0.25, -0.2) is 0 Å². The van der Waals surface area contributed by atoms with E-state index in [-0.39, 0.29) is 6.61 Å². The fourth-order valence-electron chi connectivity index (χ4n) is 1.81. The molecule has 0 radical (unpaired) electrons. The number of benzene rings is 1. The summed E-state index contributed by atoms with van der Waals surface area (Å²) in [5.41, 5.74) is -0.504. The summed E-state index contributed by atoms with van der Waals surface area (Å²) in [5, 5.41) is 11.9. The van der Waals surface area contributed by atoms with Gasteiger partial charge in [-0.1, -0.05) is 6.07 Å². The third-order valence-electron chi connectivity index (χ3n) is 3.22. The minimum atomic E-state index is -5.07. The molecule has 0 spiro atoms. The van der Waals surface area contributed by atoms with Crippen molar-refractivity contribution in [3.63, 3.8) is 0 Å². The van der Waals surface area contributed by atoms with E-state index in [1.54, 1.807) is 6.92 Å². The molecule has 24 heavy (non-hydrogen) atoms. The second-order valence-electron chi connectivity index (χ2n) is 5.00. The lowest BCUT2D eigenvalue weighted by Crippen LogP contribution is -2.41. The molecule has 0 aliphatic rings. The number of halogens is 3. The van der Waals surface area contributed by atoms with Gasteiger partial charge in [0.25, 0.3) is 5.91 Å². The minimum absolute atomic E-state index is 0.167. The van der Waals surface area contributed by atoms with Crippen LogP contribution in [0.25, 0.3) is 0 Å². The molecule has 1 aromatic rings. The third kappa shape index (κ3) is 5.32. The number of phenolic OH excluding ortho intramolecular Hbond substituents is 1. The summed E-state index contributed by atoms with van der Waals surface area (Å²) in [4.78, 5) is 23.8. The number of aromatic hydroxyl groups is 1. The maximum Gasteiger partial charge on any atom is 0.573 e. The van der Waals surface area contributed by atoms with Crippen LogP contribution in [0.3, 0.4) is 0 Å². The third-order valence-corrected chi connectivity index (χ3v) is 3.22. The monoisotopic (exact) mass is 349 g/mol. The van der Waals surface area contributed by atoms with Crippen molar-refractivity contribution in [3.05, 3.63) is 23.8 Å². The predicted molar refractivity (Wildman–Crippen MR) is 77.5 cm³/mol. The fourth-order valence-corrected chi connectivity index (χ4v) is 1.81. The van der Waals surface area contributed by atoms with Gasteiger partial charge in [-0.2, -0.15) is 0 Å². The highest BCUT2D eigenvalue weighted by molar-refractivity contribution is 5.98. The van der Waals surface area contributed by atoms with Crippen LogP contribution in [0, 0.1) is 5.92 Å². The molecule has 6 nitrogen and oxygen atoms in total. The van der Waals surface area contributed by atoms with Crippen LogP contribution in [-0.4, -0.2) is 36.0 Å². The molecule has 0 saturated heterocycles. The summed E-state index contributed by atoms with van der Waals surface area (Å²) in [6.07, 6.45) is -5.07. The van der Waals surface area contributed by atoms with Crippen molar-refractivity contribution < 1.29 is 37.3 Å². The maximum atomic E-state index is 12.4. The Morgan fingerprint density at radius 3 is 2.46 bits per heavy atom. The molecule has 0 aliphatic heterocycles. The standard InChI is InChI=1S/C15H18F3NO5/c1-4-23-14(22)8(2)9(3)19-13(21)10-6-5-7-11(20)12(10)24-15(16,17)18/h5-9,20H,4H2,1-3H3,(H,19,21)/t8-,9+/m0/s1. The largest absolute Gasteiger partial charge is 0.573 e. The molecule has 0 saturated carbocycles. The smallest absolute Gasteiger partial charge is 0.504 e. The van der Waals surface area contributed by atoms with Crippen LogP contribution in [0.5, 0.6) is 11.5 Å². The molecule has 2 N–H and O–H groups in total. The molecule has 0 unspecified atom stereocenters. The lowest BCUT2D eigenvalue weighted by atomic mass is 10.0. The van der Waals surface area contributed by atoms with Gasteiger partial charge in [-0.3, -0.25) is 9.59 Å². The topological polar surface area (TPSA) is 84.9 Å². The number of alkyl halides is 3. The lowest BCUT2D eigenvalue weighted by molar-refractivity contribution is -0.275. The van der Waals surface area contributed by atoms with Crippen LogP contribution >= 0.6 is 0 Å². The van der Waals surface area contributed by atoms with Crippen molar-refractivity contribution in [2.75, 3.05) is 6.61 Å². The summed E-state index contributed by atoms with van der Waals surface area (Å²) in [6, 6.07) is 2.52. The Balaban J connectivity index is 2.96. The Hall–Kier alpha value is -2.45. The Kier molecular flexibility index (Phi) is 6.44. The number of nitrogens with one attached hydrogen (secondary N) is 1. The molecule has 0 aliphatic carbocycles. The molecule has 0 bridgehead atoms. The van der Waals surface area contributed by atoms with Gasteiger partial charge in [0, 0.05) is 6.04 Å². The second-order valence-corrected chi connectivity index (χ2v) is 5.00. The van der Waals surface area contributed by atoms with E-state index in [4.69, 9.17) is 4.74 Å². The molecule has 1 aromatic carbocycles. The Labute approximate surface area is 136 Å². The van der Waals surface area contributed by atoms with Crippen LogP contribution in [0.2, 0.25) is 0 Å². The summed E-state index contributed by atoms with van der Waals surface area (Å²) in [7, 11) is 0. The van der Waals surface area contributed by atoms with Crippen LogP contribution in [0.1, 0.15) is 31.1 Å². The molecule has 0 fully saturated rings. The number of rotatable bonds is 6. The van der Waals surface area contributed by atoms with Gasteiger partial charge in [0.05, 0.1) is 18.1 Å². The first kappa shape index (κ1) is 19.6. The van der Waals surface area contributed by atoms with Crippen molar-refractivity contribution >= 4 is 11.9 Å². The van der Waals surface area contributed by atoms with Crippen molar-refractivity contribution in [2.45, 2.75) is 33.2 Å². The van der Waals surface area contributed by atoms with Crippen LogP contribution < -0.4 is 10.1 Å². The van der Waals surface area contributed by atoms with Gasteiger partial charge in [0.2, 0.25) is 0 Å². The molecule has 9 heteroatoms. The van der Waals surface area contributed by atoms with Crippen LogP contribution in [-0.2, 0) is 9.53 Å². The second kappa shape index (κ2) is 7.89. The summed E-state index contributed by atoms with van der Waals surface area (Å²) < 4.78 is 45.8. The molecular weight excluding hydrogens is 331 g/mol. The zero-order valence-electron chi connectivity index (χ0n) is 13.3. The lowest BCUT2D eigenvalue weighted by Gasteiger charge is -2.21. The van der Waals surface area contributed by atoms with Crippen molar-refractivity contribution in [3.8, 4) is 11.5 Å². The van der Waals surface area contributed by atoms with E-state index in [1.165, 1.54) is 19.9 Å². The Morgan fingerprint density at radius 2 is 1.92 bits per heavy atom. The molecule has 2 atom stereocenters. The molecule has 1 amide bonds. The first-order chi connectivity index (χ1) is 11.1. The number of carbonyl (C=O) groups is 2. The molecular formula is C15H18F3NO5. The fraction of sp³-hybridized carbons (Fsp3) is 0.467. The molecule has 0 aromatic heterocycles. The summed E-state index contributed by atoms with van der Waals surface area (Å²) in [5.74, 6) is -4.01. The number of phenols is 1. The zero-order chi connectivity index (χ0) is 18.5.